The maximum atomic E-state index is 10.9. The van der Waals surface area contributed by atoms with E-state index in [-0.39, 0.29) is 11.7 Å². The van der Waals surface area contributed by atoms with Crippen molar-refractivity contribution in [3.05, 3.63) is 23.3 Å². The Hall–Kier alpha value is -0.600. The summed E-state index contributed by atoms with van der Waals surface area (Å²) in [4.78, 5) is 0. The Kier molecular flexibility index (Phi) is 5.55. The molecule has 0 saturated carbocycles. The van der Waals surface area contributed by atoms with Crippen LogP contribution in [0, 0.1) is 5.92 Å². The first-order chi connectivity index (χ1) is 10.2. The second-order valence-corrected chi connectivity index (χ2v) is 8.22. The Morgan fingerprint density at radius 1 is 1.05 bits per heavy atom. The molecule has 22 heavy (non-hydrogen) atoms. The largest absolute Gasteiger partial charge is 0.387 e. The Balaban J connectivity index is 2.17. The molecule has 2 bridgehead atoms. The highest BCUT2D eigenvalue weighted by Gasteiger charge is 2.47. The van der Waals surface area contributed by atoms with Gasteiger partial charge in [-0.25, -0.2) is 0 Å². The second kappa shape index (κ2) is 6.88. The minimum absolute atomic E-state index is 0.0339. The summed E-state index contributed by atoms with van der Waals surface area (Å²) in [5, 5.41) is 10.9. The normalized spacial score (nSPS) is 41.9. The third kappa shape index (κ3) is 4.45. The van der Waals surface area contributed by atoms with Gasteiger partial charge in [-0.2, -0.15) is 0 Å². The lowest BCUT2D eigenvalue weighted by molar-refractivity contribution is -0.124. The van der Waals surface area contributed by atoms with E-state index >= 15 is 0 Å². The van der Waals surface area contributed by atoms with Crippen molar-refractivity contribution in [1.29, 1.82) is 0 Å². The van der Waals surface area contributed by atoms with E-state index in [9.17, 15) is 5.11 Å². The van der Waals surface area contributed by atoms with Gasteiger partial charge in [0.05, 0.1) is 17.3 Å². The first kappa shape index (κ1) is 17.7. The van der Waals surface area contributed by atoms with Crippen LogP contribution in [-0.4, -0.2) is 22.4 Å². The maximum absolute atomic E-state index is 10.9. The van der Waals surface area contributed by atoms with Crippen molar-refractivity contribution >= 4 is 0 Å². The number of fused-ring (bicyclic) bond motifs is 2. The Labute approximate surface area is 136 Å². The molecule has 2 aliphatic rings. The molecule has 1 aliphatic carbocycles. The highest BCUT2D eigenvalue weighted by Crippen LogP contribution is 2.43. The molecule has 2 heteroatoms. The fraction of sp³-hybridized carbons (Fsp3) is 0.800. The lowest BCUT2D eigenvalue weighted by Crippen LogP contribution is -2.40. The number of allylic oxidation sites excluding steroid dienone is 4. The number of hydrogen-bond donors (Lipinski definition) is 1. The number of ether oxygens (including phenoxy) is 1. The van der Waals surface area contributed by atoms with Gasteiger partial charge in [0.25, 0.3) is 0 Å². The third-order valence-corrected chi connectivity index (χ3v) is 5.68. The molecule has 0 radical (unpaired) electrons. The molecular formula is C20H34O2. The zero-order valence-electron chi connectivity index (χ0n) is 15.1. The van der Waals surface area contributed by atoms with Crippen LogP contribution in [0.1, 0.15) is 79.6 Å². The zero-order valence-corrected chi connectivity index (χ0v) is 15.1. The molecule has 126 valence electrons. The van der Waals surface area contributed by atoms with Gasteiger partial charge in [0, 0.05) is 0 Å². The summed E-state index contributed by atoms with van der Waals surface area (Å²) in [6.07, 6.45) is 11.9. The van der Waals surface area contributed by atoms with Crippen molar-refractivity contribution in [2.75, 3.05) is 0 Å². The van der Waals surface area contributed by atoms with Crippen LogP contribution in [0.5, 0.6) is 0 Å². The van der Waals surface area contributed by atoms with Crippen molar-refractivity contribution in [2.24, 2.45) is 5.92 Å². The molecule has 2 nitrogen and oxygen atoms in total. The summed E-state index contributed by atoms with van der Waals surface area (Å²) < 4.78 is 6.28. The molecule has 0 spiro atoms. The van der Waals surface area contributed by atoms with Gasteiger partial charge in [-0.15, -0.1) is 0 Å². The van der Waals surface area contributed by atoms with Crippen molar-refractivity contribution in [1.82, 2.24) is 0 Å². The van der Waals surface area contributed by atoms with E-state index in [4.69, 9.17) is 4.74 Å². The monoisotopic (exact) mass is 306 g/mol. The fourth-order valence-corrected chi connectivity index (χ4v) is 3.82. The molecule has 0 aromatic carbocycles. The van der Waals surface area contributed by atoms with Gasteiger partial charge in [-0.3, -0.25) is 0 Å². The molecule has 1 fully saturated rings. The summed E-state index contributed by atoms with van der Waals surface area (Å²) in [5.41, 5.74) is 2.08. The Morgan fingerprint density at radius 3 is 2.41 bits per heavy atom. The minimum Gasteiger partial charge on any atom is -0.387 e. The highest BCUT2D eigenvalue weighted by molar-refractivity contribution is 5.06. The van der Waals surface area contributed by atoms with E-state index in [1.54, 1.807) is 0 Å². The SMILES string of the molecule is C/C1=C/CC[C@@](C)(O)[C@@H]2C[C@H](CC/C(C)=C\CC1)C(C)(C)O2. The number of aliphatic hydroxyl groups is 1. The van der Waals surface area contributed by atoms with E-state index in [0.717, 1.165) is 44.9 Å². The zero-order chi connectivity index (χ0) is 16.4. The number of hydrogen-bond acceptors (Lipinski definition) is 2. The molecule has 1 heterocycles. The maximum Gasteiger partial charge on any atom is 0.0883 e. The minimum atomic E-state index is -0.724. The Bertz CT molecular complexity index is 443. The molecule has 0 unspecified atom stereocenters. The molecule has 1 N–H and O–H groups in total. The molecule has 0 aromatic heterocycles. The van der Waals surface area contributed by atoms with E-state index in [2.05, 4.69) is 39.8 Å². The van der Waals surface area contributed by atoms with Gasteiger partial charge in [0.15, 0.2) is 0 Å². The van der Waals surface area contributed by atoms with Crippen LogP contribution in [0.15, 0.2) is 23.3 Å². The predicted octanol–water partition coefficient (Wildman–Crippen LogP) is 5.17. The average molecular weight is 306 g/mol. The summed E-state index contributed by atoms with van der Waals surface area (Å²) in [6.45, 7) is 10.8. The first-order valence-corrected chi connectivity index (χ1v) is 8.92. The smallest absolute Gasteiger partial charge is 0.0883 e. The van der Waals surface area contributed by atoms with E-state index in [0.29, 0.717) is 5.92 Å². The summed E-state index contributed by atoms with van der Waals surface area (Å²) in [5.74, 6) is 0.535. The van der Waals surface area contributed by atoms with Crippen LogP contribution in [0.4, 0.5) is 0 Å². The topological polar surface area (TPSA) is 29.5 Å². The summed E-state index contributed by atoms with van der Waals surface area (Å²) in [6, 6.07) is 0. The van der Waals surface area contributed by atoms with Gasteiger partial charge >= 0.3 is 0 Å². The quantitative estimate of drug-likeness (QED) is 0.626. The fourth-order valence-electron chi connectivity index (χ4n) is 3.82. The van der Waals surface area contributed by atoms with Crippen LogP contribution in [0.3, 0.4) is 0 Å². The lowest BCUT2D eigenvalue weighted by Gasteiger charge is -2.31. The highest BCUT2D eigenvalue weighted by atomic mass is 16.5. The first-order valence-electron chi connectivity index (χ1n) is 8.92. The van der Waals surface area contributed by atoms with Crippen molar-refractivity contribution in [2.45, 2.75) is 96.9 Å². The van der Waals surface area contributed by atoms with Crippen LogP contribution >= 0.6 is 0 Å². The average Bonchev–Trinajstić information content (AvgIpc) is 2.71. The predicted molar refractivity (Wildman–Crippen MR) is 92.9 cm³/mol. The van der Waals surface area contributed by atoms with Crippen LogP contribution in [0.25, 0.3) is 0 Å². The van der Waals surface area contributed by atoms with Crippen LogP contribution < -0.4 is 0 Å². The summed E-state index contributed by atoms with van der Waals surface area (Å²) >= 11 is 0. The van der Waals surface area contributed by atoms with Crippen LogP contribution in [-0.2, 0) is 4.74 Å². The third-order valence-electron chi connectivity index (χ3n) is 5.68. The van der Waals surface area contributed by atoms with Crippen molar-refractivity contribution in [3.63, 3.8) is 0 Å². The molecule has 2 rings (SSSR count). The molecule has 0 amide bonds. The summed E-state index contributed by atoms with van der Waals surface area (Å²) in [7, 11) is 0. The van der Waals surface area contributed by atoms with Gasteiger partial charge in [-0.05, 0) is 85.5 Å². The second-order valence-electron chi connectivity index (χ2n) is 8.22. The lowest BCUT2D eigenvalue weighted by atomic mass is 9.81. The molecule has 1 aliphatic heterocycles. The molecule has 3 atom stereocenters. The van der Waals surface area contributed by atoms with Crippen molar-refractivity contribution in [3.8, 4) is 0 Å². The van der Waals surface area contributed by atoms with Gasteiger partial charge in [0.1, 0.15) is 0 Å². The Morgan fingerprint density at radius 2 is 1.68 bits per heavy atom. The van der Waals surface area contributed by atoms with E-state index in [1.807, 2.05) is 6.92 Å². The molecule has 0 aromatic rings. The van der Waals surface area contributed by atoms with E-state index < -0.39 is 5.60 Å². The van der Waals surface area contributed by atoms with Gasteiger partial charge in [0.2, 0.25) is 0 Å². The van der Waals surface area contributed by atoms with Gasteiger partial charge in [-0.1, -0.05) is 23.3 Å². The molecule has 1 saturated heterocycles. The molecular weight excluding hydrogens is 272 g/mol. The van der Waals surface area contributed by atoms with Crippen LogP contribution in [0.2, 0.25) is 0 Å². The van der Waals surface area contributed by atoms with Crippen molar-refractivity contribution < 1.29 is 9.84 Å². The van der Waals surface area contributed by atoms with E-state index in [1.165, 1.54) is 11.1 Å². The van der Waals surface area contributed by atoms with Gasteiger partial charge < -0.3 is 9.84 Å². The standard InChI is InChI=1S/C20H34O2/c1-15-8-6-9-16(2)11-12-17-14-18(22-19(17,3)4)20(5,21)13-7-10-15/h9-10,17-18,21H,6-8,11-14H2,1-5H3/b15-10-,16-9-/t17-,18-,20+/m0/s1. The number of rotatable bonds is 0.